The predicted molar refractivity (Wildman–Crippen MR) is 102 cm³/mol. The van der Waals surface area contributed by atoms with Crippen molar-refractivity contribution in [3.8, 4) is 0 Å². The maximum absolute atomic E-state index is 12.6. The number of Topliss-reactive ketones (excluding diaryl/α,β-unsaturated/α-hetero) is 1. The Labute approximate surface area is 163 Å². The van der Waals surface area contributed by atoms with Crippen LogP contribution in [0.15, 0.2) is 48.5 Å². The van der Waals surface area contributed by atoms with E-state index in [9.17, 15) is 19.2 Å². The molecule has 0 fully saturated rings. The fourth-order valence-corrected chi connectivity index (χ4v) is 3.09. The SMILES string of the molecule is CC[C@H](C)N1C(=O)c2ccc(C(=O)O[C@@H](C)C(=O)c3ccccc3)cc2C1=O. The van der Waals surface area contributed by atoms with Gasteiger partial charge in [0.05, 0.1) is 16.7 Å². The Hall–Kier alpha value is -3.28. The molecule has 6 heteroatoms. The molecule has 0 saturated carbocycles. The first-order valence-electron chi connectivity index (χ1n) is 9.17. The summed E-state index contributed by atoms with van der Waals surface area (Å²) in [6.07, 6.45) is -0.337. The van der Waals surface area contributed by atoms with Gasteiger partial charge in [0, 0.05) is 11.6 Å². The maximum Gasteiger partial charge on any atom is 0.338 e. The predicted octanol–water partition coefficient (Wildman–Crippen LogP) is 3.51. The van der Waals surface area contributed by atoms with Crippen molar-refractivity contribution < 1.29 is 23.9 Å². The lowest BCUT2D eigenvalue weighted by Gasteiger charge is -2.20. The van der Waals surface area contributed by atoms with E-state index >= 15 is 0 Å². The van der Waals surface area contributed by atoms with Gasteiger partial charge in [-0.1, -0.05) is 37.3 Å². The number of amides is 2. The lowest BCUT2D eigenvalue weighted by Crippen LogP contribution is -2.37. The molecule has 2 amide bonds. The summed E-state index contributed by atoms with van der Waals surface area (Å²) in [5.74, 6) is -1.81. The zero-order valence-corrected chi connectivity index (χ0v) is 16.0. The number of carbonyl (C=O) groups is 4. The van der Waals surface area contributed by atoms with Gasteiger partial charge in [0.15, 0.2) is 6.10 Å². The highest BCUT2D eigenvalue weighted by Gasteiger charge is 2.38. The number of ether oxygens (including phenoxy) is 1. The summed E-state index contributed by atoms with van der Waals surface area (Å²) in [5, 5.41) is 0. The van der Waals surface area contributed by atoms with Crippen LogP contribution in [0.3, 0.4) is 0 Å². The Morgan fingerprint density at radius 2 is 1.57 bits per heavy atom. The zero-order chi connectivity index (χ0) is 20.4. The molecule has 0 aromatic heterocycles. The minimum atomic E-state index is -0.975. The van der Waals surface area contributed by atoms with E-state index in [1.165, 1.54) is 30.0 Å². The molecule has 0 unspecified atom stereocenters. The maximum atomic E-state index is 12.6. The van der Waals surface area contributed by atoms with E-state index in [1.807, 2.05) is 6.92 Å². The van der Waals surface area contributed by atoms with Gasteiger partial charge in [-0.25, -0.2) is 4.79 Å². The Balaban J connectivity index is 1.78. The Bertz CT molecular complexity index is 951. The van der Waals surface area contributed by atoms with Crippen LogP contribution in [0.4, 0.5) is 0 Å². The molecule has 3 rings (SSSR count). The van der Waals surface area contributed by atoms with Crippen molar-refractivity contribution in [2.24, 2.45) is 0 Å². The molecule has 2 aromatic carbocycles. The van der Waals surface area contributed by atoms with E-state index in [4.69, 9.17) is 4.74 Å². The molecule has 1 heterocycles. The summed E-state index contributed by atoms with van der Waals surface area (Å²) in [4.78, 5) is 51.1. The number of benzene rings is 2. The molecule has 28 heavy (non-hydrogen) atoms. The summed E-state index contributed by atoms with van der Waals surface area (Å²) in [6.45, 7) is 5.19. The quantitative estimate of drug-likeness (QED) is 0.436. The molecule has 0 N–H and O–H groups in total. The highest BCUT2D eigenvalue weighted by Crippen LogP contribution is 2.27. The fourth-order valence-electron chi connectivity index (χ4n) is 3.09. The summed E-state index contributed by atoms with van der Waals surface area (Å²) in [6, 6.07) is 12.6. The van der Waals surface area contributed by atoms with Gasteiger partial charge in [-0.15, -0.1) is 0 Å². The van der Waals surface area contributed by atoms with Crippen molar-refractivity contribution in [3.63, 3.8) is 0 Å². The molecule has 0 saturated heterocycles. The minimum Gasteiger partial charge on any atom is -0.451 e. The molecule has 6 nitrogen and oxygen atoms in total. The van der Waals surface area contributed by atoms with Crippen molar-refractivity contribution in [1.82, 2.24) is 4.90 Å². The van der Waals surface area contributed by atoms with Gasteiger partial charge in [0.1, 0.15) is 0 Å². The molecule has 144 valence electrons. The van der Waals surface area contributed by atoms with Crippen LogP contribution in [0.2, 0.25) is 0 Å². The first-order valence-corrected chi connectivity index (χ1v) is 9.17. The molecular weight excluding hydrogens is 358 g/mol. The first kappa shape index (κ1) is 19.5. The standard InChI is InChI=1S/C22H21NO5/c1-4-13(2)23-20(25)17-11-10-16(12-18(17)21(23)26)22(27)28-14(3)19(24)15-8-6-5-7-9-15/h5-14H,4H2,1-3H3/t13-,14-/m0/s1. The molecule has 1 aliphatic rings. The van der Waals surface area contributed by atoms with Gasteiger partial charge in [0.25, 0.3) is 11.8 Å². The van der Waals surface area contributed by atoms with Gasteiger partial charge in [-0.3, -0.25) is 19.3 Å². The number of imide groups is 1. The topological polar surface area (TPSA) is 80.8 Å². The highest BCUT2D eigenvalue weighted by atomic mass is 16.5. The van der Waals surface area contributed by atoms with E-state index in [2.05, 4.69) is 0 Å². The van der Waals surface area contributed by atoms with Crippen LogP contribution in [0.5, 0.6) is 0 Å². The third-order valence-electron chi connectivity index (χ3n) is 4.90. The van der Waals surface area contributed by atoms with Crippen LogP contribution in [-0.2, 0) is 4.74 Å². The van der Waals surface area contributed by atoms with Crippen molar-refractivity contribution in [1.29, 1.82) is 0 Å². The van der Waals surface area contributed by atoms with E-state index in [0.29, 0.717) is 12.0 Å². The summed E-state index contributed by atoms with van der Waals surface area (Å²) < 4.78 is 5.27. The number of fused-ring (bicyclic) bond motifs is 1. The summed E-state index contributed by atoms with van der Waals surface area (Å²) in [7, 11) is 0. The van der Waals surface area contributed by atoms with E-state index in [0.717, 1.165) is 0 Å². The molecular formula is C22H21NO5. The van der Waals surface area contributed by atoms with Crippen LogP contribution < -0.4 is 0 Å². The minimum absolute atomic E-state index is 0.124. The number of nitrogens with zero attached hydrogens (tertiary/aromatic N) is 1. The lowest BCUT2D eigenvalue weighted by atomic mass is 10.1. The molecule has 2 aromatic rings. The average Bonchev–Trinajstić information content (AvgIpc) is 2.97. The summed E-state index contributed by atoms with van der Waals surface area (Å²) >= 11 is 0. The Kier molecular flexibility index (Phi) is 5.40. The molecule has 0 spiro atoms. The number of ketones is 1. The number of esters is 1. The van der Waals surface area contributed by atoms with Gasteiger partial charge < -0.3 is 4.74 Å². The van der Waals surface area contributed by atoms with E-state index in [-0.39, 0.29) is 34.4 Å². The van der Waals surface area contributed by atoms with Crippen LogP contribution in [-0.4, -0.2) is 40.6 Å². The van der Waals surface area contributed by atoms with Gasteiger partial charge in [0.2, 0.25) is 5.78 Å². The second kappa shape index (κ2) is 7.76. The second-order valence-corrected chi connectivity index (χ2v) is 6.78. The molecule has 0 radical (unpaired) electrons. The average molecular weight is 379 g/mol. The monoisotopic (exact) mass is 379 g/mol. The van der Waals surface area contributed by atoms with Crippen LogP contribution in [0.25, 0.3) is 0 Å². The summed E-state index contributed by atoms with van der Waals surface area (Å²) in [5.41, 5.74) is 1.03. The lowest BCUT2D eigenvalue weighted by molar-refractivity contribution is 0.0318. The van der Waals surface area contributed by atoms with Gasteiger partial charge >= 0.3 is 5.97 Å². The third kappa shape index (κ3) is 3.45. The van der Waals surface area contributed by atoms with Crippen LogP contribution in [0.1, 0.15) is 68.6 Å². The van der Waals surface area contributed by atoms with Gasteiger partial charge in [-0.2, -0.15) is 0 Å². The second-order valence-electron chi connectivity index (χ2n) is 6.78. The largest absolute Gasteiger partial charge is 0.451 e. The van der Waals surface area contributed by atoms with E-state index in [1.54, 1.807) is 37.3 Å². The number of rotatable bonds is 6. The van der Waals surface area contributed by atoms with Crippen LogP contribution in [0, 0.1) is 0 Å². The van der Waals surface area contributed by atoms with Crippen molar-refractivity contribution in [2.75, 3.05) is 0 Å². The Morgan fingerprint density at radius 1 is 0.929 bits per heavy atom. The fraction of sp³-hybridized carbons (Fsp3) is 0.273. The Morgan fingerprint density at radius 3 is 2.21 bits per heavy atom. The first-order chi connectivity index (χ1) is 13.3. The molecule has 0 aliphatic carbocycles. The smallest absolute Gasteiger partial charge is 0.338 e. The molecule has 0 bridgehead atoms. The van der Waals surface area contributed by atoms with Gasteiger partial charge in [-0.05, 0) is 38.5 Å². The number of hydrogen-bond acceptors (Lipinski definition) is 5. The van der Waals surface area contributed by atoms with Crippen molar-refractivity contribution >= 4 is 23.6 Å². The highest BCUT2D eigenvalue weighted by molar-refractivity contribution is 6.22. The normalized spacial score (nSPS) is 15.2. The number of carbonyl (C=O) groups excluding carboxylic acids is 4. The molecule has 1 aliphatic heterocycles. The van der Waals surface area contributed by atoms with Crippen LogP contribution >= 0.6 is 0 Å². The van der Waals surface area contributed by atoms with E-state index < -0.39 is 18.0 Å². The number of hydrogen-bond donors (Lipinski definition) is 0. The van der Waals surface area contributed by atoms with Crippen molar-refractivity contribution in [3.05, 3.63) is 70.8 Å². The third-order valence-corrected chi connectivity index (χ3v) is 4.90. The zero-order valence-electron chi connectivity index (χ0n) is 16.0. The molecule has 2 atom stereocenters. The van der Waals surface area contributed by atoms with Crippen molar-refractivity contribution in [2.45, 2.75) is 39.3 Å².